The van der Waals surface area contributed by atoms with Gasteiger partial charge >= 0.3 is 5.97 Å². The maximum absolute atomic E-state index is 11.3. The molecular weight excluding hydrogens is 192 g/mol. The van der Waals surface area contributed by atoms with Gasteiger partial charge in [-0.2, -0.15) is 0 Å². The fourth-order valence-corrected chi connectivity index (χ4v) is 2.61. The first-order valence-electron chi connectivity index (χ1n) is 5.69. The lowest BCUT2D eigenvalue weighted by Crippen LogP contribution is -2.35. The van der Waals surface area contributed by atoms with E-state index in [1.807, 2.05) is 0 Å². The summed E-state index contributed by atoms with van der Waals surface area (Å²) in [6.07, 6.45) is 1.96. The fraction of sp³-hybridized carbons (Fsp3) is 0.917. The Balaban J connectivity index is 2.52. The quantitative estimate of drug-likeness (QED) is 0.716. The summed E-state index contributed by atoms with van der Waals surface area (Å²) >= 11 is 0. The molecule has 1 aliphatic carbocycles. The van der Waals surface area contributed by atoms with Gasteiger partial charge < -0.3 is 9.84 Å². The van der Waals surface area contributed by atoms with Crippen LogP contribution in [0.15, 0.2) is 0 Å². The van der Waals surface area contributed by atoms with E-state index in [1.165, 1.54) is 13.3 Å². The van der Waals surface area contributed by atoms with Gasteiger partial charge in [-0.3, -0.25) is 0 Å². The molecule has 88 valence electrons. The van der Waals surface area contributed by atoms with Gasteiger partial charge in [0.1, 0.15) is 12.2 Å². The second kappa shape index (κ2) is 4.52. The van der Waals surface area contributed by atoms with Gasteiger partial charge in [-0.05, 0) is 37.5 Å². The van der Waals surface area contributed by atoms with Crippen molar-refractivity contribution in [3.05, 3.63) is 0 Å². The van der Waals surface area contributed by atoms with Crippen molar-refractivity contribution < 1.29 is 14.6 Å². The van der Waals surface area contributed by atoms with Crippen molar-refractivity contribution in [3.8, 4) is 0 Å². The lowest BCUT2D eigenvalue weighted by Gasteiger charge is -2.38. The number of esters is 1. The third-order valence-corrected chi connectivity index (χ3v) is 2.97. The van der Waals surface area contributed by atoms with Gasteiger partial charge in [0.2, 0.25) is 0 Å². The highest BCUT2D eigenvalue weighted by molar-refractivity contribution is 5.73. The Bertz CT molecular complexity index is 233. The molecule has 1 N–H and O–H groups in total. The first kappa shape index (κ1) is 12.5. The minimum atomic E-state index is -1.01. The molecule has 0 aromatic carbocycles. The molecule has 0 unspecified atom stereocenters. The van der Waals surface area contributed by atoms with Gasteiger partial charge in [0.15, 0.2) is 0 Å². The first-order chi connectivity index (χ1) is 6.80. The molecule has 0 heterocycles. The van der Waals surface area contributed by atoms with E-state index in [1.54, 1.807) is 0 Å². The van der Waals surface area contributed by atoms with Gasteiger partial charge in [-0.25, -0.2) is 4.79 Å². The zero-order valence-electron chi connectivity index (χ0n) is 10.1. The molecule has 3 nitrogen and oxygen atoms in total. The van der Waals surface area contributed by atoms with Gasteiger partial charge in [0, 0.05) is 0 Å². The summed E-state index contributed by atoms with van der Waals surface area (Å²) in [6, 6.07) is 0. The lowest BCUT2D eigenvalue weighted by molar-refractivity contribution is -0.162. The van der Waals surface area contributed by atoms with Crippen molar-refractivity contribution in [1.82, 2.24) is 0 Å². The van der Waals surface area contributed by atoms with Crippen LogP contribution in [0.4, 0.5) is 0 Å². The summed E-state index contributed by atoms with van der Waals surface area (Å²) in [6.45, 7) is 8.03. The van der Waals surface area contributed by atoms with Crippen molar-refractivity contribution in [3.63, 3.8) is 0 Å². The van der Waals surface area contributed by atoms with Crippen molar-refractivity contribution in [2.45, 2.75) is 59.2 Å². The number of carbonyl (C=O) groups is 1. The Kier molecular flexibility index (Phi) is 3.77. The van der Waals surface area contributed by atoms with E-state index in [4.69, 9.17) is 9.84 Å². The van der Waals surface area contributed by atoms with Crippen LogP contribution in [0.5, 0.6) is 0 Å². The maximum Gasteiger partial charge on any atom is 0.334 e. The average Bonchev–Trinajstić information content (AvgIpc) is 1.99. The van der Waals surface area contributed by atoms with Crippen LogP contribution in [0.2, 0.25) is 0 Å². The molecule has 0 amide bonds. The molecule has 3 heteroatoms. The molecular formula is C12H22O3. The number of hydrogen-bond donors (Lipinski definition) is 1. The molecule has 1 saturated carbocycles. The van der Waals surface area contributed by atoms with Crippen LogP contribution in [0.3, 0.4) is 0 Å². The molecule has 15 heavy (non-hydrogen) atoms. The van der Waals surface area contributed by atoms with Crippen LogP contribution in [0, 0.1) is 11.3 Å². The summed E-state index contributed by atoms with van der Waals surface area (Å²) in [7, 11) is 0. The molecule has 0 aromatic rings. The van der Waals surface area contributed by atoms with Crippen LogP contribution >= 0.6 is 0 Å². The van der Waals surface area contributed by atoms with Gasteiger partial charge in [-0.15, -0.1) is 0 Å². The van der Waals surface area contributed by atoms with E-state index in [0.717, 1.165) is 12.8 Å². The van der Waals surface area contributed by atoms with Gasteiger partial charge in [-0.1, -0.05) is 20.8 Å². The predicted octanol–water partition coefficient (Wildman–Crippen LogP) is 2.13. The molecule has 0 bridgehead atoms. The monoisotopic (exact) mass is 214 g/mol. The number of aliphatic hydroxyl groups excluding tert-OH is 1. The van der Waals surface area contributed by atoms with Crippen LogP contribution in [0.25, 0.3) is 0 Å². The molecule has 0 aromatic heterocycles. The molecule has 0 aliphatic heterocycles. The van der Waals surface area contributed by atoms with Crippen molar-refractivity contribution in [1.29, 1.82) is 0 Å². The highest BCUT2D eigenvalue weighted by Gasteiger charge is 2.34. The second-order valence-corrected chi connectivity index (χ2v) is 5.65. The Labute approximate surface area is 91.8 Å². The number of carbonyl (C=O) groups excluding carboxylic acids is 1. The Hall–Kier alpha value is -0.570. The Morgan fingerprint density at radius 1 is 1.47 bits per heavy atom. The van der Waals surface area contributed by atoms with E-state index in [0.29, 0.717) is 5.92 Å². The van der Waals surface area contributed by atoms with Crippen molar-refractivity contribution in [2.75, 3.05) is 0 Å². The van der Waals surface area contributed by atoms with E-state index in [2.05, 4.69) is 20.8 Å². The zero-order valence-corrected chi connectivity index (χ0v) is 10.1. The van der Waals surface area contributed by atoms with Crippen molar-refractivity contribution >= 4 is 5.97 Å². The largest absolute Gasteiger partial charge is 0.460 e. The van der Waals surface area contributed by atoms with Crippen LogP contribution in [-0.4, -0.2) is 23.3 Å². The number of rotatable bonds is 2. The fourth-order valence-electron chi connectivity index (χ4n) is 2.61. The third-order valence-electron chi connectivity index (χ3n) is 2.97. The summed E-state index contributed by atoms with van der Waals surface area (Å²) in [5, 5.41) is 9.07. The average molecular weight is 214 g/mol. The summed E-state index contributed by atoms with van der Waals surface area (Å²) in [5.74, 6) is 0.0884. The van der Waals surface area contributed by atoms with E-state index < -0.39 is 12.1 Å². The standard InChI is InChI=1S/C12H22O3/c1-8-5-10(7-12(3,4)6-8)15-11(14)9(2)13/h8-10,13H,5-7H2,1-4H3/t8-,9-,10-/m1/s1. The number of ether oxygens (including phenoxy) is 1. The van der Waals surface area contributed by atoms with E-state index in [9.17, 15) is 4.79 Å². The first-order valence-corrected chi connectivity index (χ1v) is 5.69. The maximum atomic E-state index is 11.3. The third kappa shape index (κ3) is 3.82. The van der Waals surface area contributed by atoms with Crippen LogP contribution in [0.1, 0.15) is 47.0 Å². The molecule has 0 saturated heterocycles. The summed E-state index contributed by atoms with van der Waals surface area (Å²) < 4.78 is 5.27. The Morgan fingerprint density at radius 3 is 2.53 bits per heavy atom. The zero-order chi connectivity index (χ0) is 11.6. The minimum absolute atomic E-state index is 0.0224. The predicted molar refractivity (Wildman–Crippen MR) is 58.4 cm³/mol. The molecule has 3 atom stereocenters. The van der Waals surface area contributed by atoms with Crippen molar-refractivity contribution in [2.24, 2.45) is 11.3 Å². The SMILES string of the molecule is C[C@@H]1C[C@@H](OC(=O)[C@@H](C)O)CC(C)(C)C1. The summed E-state index contributed by atoms with van der Waals surface area (Å²) in [5.41, 5.74) is 0.237. The molecule has 0 radical (unpaired) electrons. The molecule has 1 aliphatic rings. The normalized spacial score (nSPS) is 32.1. The second-order valence-electron chi connectivity index (χ2n) is 5.65. The summed E-state index contributed by atoms with van der Waals surface area (Å²) in [4.78, 5) is 11.3. The molecule has 1 fully saturated rings. The Morgan fingerprint density at radius 2 is 2.07 bits per heavy atom. The topological polar surface area (TPSA) is 46.5 Å². The van der Waals surface area contributed by atoms with E-state index >= 15 is 0 Å². The number of aliphatic hydroxyl groups is 1. The van der Waals surface area contributed by atoms with Crippen LogP contribution in [-0.2, 0) is 9.53 Å². The lowest BCUT2D eigenvalue weighted by atomic mass is 9.71. The highest BCUT2D eigenvalue weighted by Crippen LogP contribution is 2.39. The van der Waals surface area contributed by atoms with Crippen LogP contribution < -0.4 is 0 Å². The smallest absolute Gasteiger partial charge is 0.334 e. The minimum Gasteiger partial charge on any atom is -0.460 e. The van der Waals surface area contributed by atoms with Gasteiger partial charge in [0.25, 0.3) is 0 Å². The number of hydrogen-bond acceptors (Lipinski definition) is 3. The highest BCUT2D eigenvalue weighted by atomic mass is 16.6. The van der Waals surface area contributed by atoms with E-state index in [-0.39, 0.29) is 11.5 Å². The van der Waals surface area contributed by atoms with Gasteiger partial charge in [0.05, 0.1) is 0 Å². The molecule has 1 rings (SSSR count). The molecule has 0 spiro atoms.